The van der Waals surface area contributed by atoms with E-state index in [9.17, 15) is 14.4 Å². The molecule has 4 rings (SSSR count). The lowest BCUT2D eigenvalue weighted by atomic mass is 10.1. The highest BCUT2D eigenvalue weighted by atomic mass is 16.5. The number of carbonyl (C=O) groups excluding carboxylic acids is 3. The van der Waals surface area contributed by atoms with Crippen molar-refractivity contribution in [2.75, 3.05) is 7.11 Å². The number of barbiturate groups is 1. The topological polar surface area (TPSA) is 93.8 Å². The maximum absolute atomic E-state index is 13.0. The molecule has 8 heteroatoms. The summed E-state index contributed by atoms with van der Waals surface area (Å²) in [6.45, 7) is 3.75. The Balaban J connectivity index is 1.73. The molecule has 158 valence electrons. The molecule has 3 aromatic rings. The third kappa shape index (κ3) is 3.63. The maximum atomic E-state index is 13.0. The Morgan fingerprint density at radius 1 is 1.10 bits per heavy atom. The van der Waals surface area contributed by atoms with E-state index in [4.69, 9.17) is 9.15 Å². The quantitative estimate of drug-likeness (QED) is 0.506. The number of nitrogens with zero attached hydrogens (tertiary/aromatic N) is 2. The number of furan rings is 1. The summed E-state index contributed by atoms with van der Waals surface area (Å²) < 4.78 is 12.7. The average Bonchev–Trinajstić information content (AvgIpc) is 3.36. The molecule has 1 fully saturated rings. The smallest absolute Gasteiger partial charge is 0.331 e. The third-order valence-electron chi connectivity index (χ3n) is 5.18. The zero-order valence-electron chi connectivity index (χ0n) is 17.3. The summed E-state index contributed by atoms with van der Waals surface area (Å²) >= 11 is 0. The van der Waals surface area contributed by atoms with Crippen LogP contribution in [0.3, 0.4) is 0 Å². The number of rotatable bonds is 5. The number of amides is 4. The summed E-state index contributed by atoms with van der Waals surface area (Å²) in [7, 11) is 1.60. The maximum Gasteiger partial charge on any atom is 0.331 e. The molecule has 0 radical (unpaired) electrons. The normalized spacial score (nSPS) is 15.5. The molecule has 1 saturated heterocycles. The molecule has 3 heterocycles. The Bertz CT molecular complexity index is 1200. The van der Waals surface area contributed by atoms with Crippen molar-refractivity contribution in [3.8, 4) is 11.4 Å². The van der Waals surface area contributed by atoms with E-state index >= 15 is 0 Å². The van der Waals surface area contributed by atoms with Gasteiger partial charge in [-0.1, -0.05) is 12.1 Å². The Morgan fingerprint density at radius 2 is 1.87 bits per heavy atom. The van der Waals surface area contributed by atoms with Gasteiger partial charge in [0.25, 0.3) is 11.8 Å². The number of urea groups is 1. The van der Waals surface area contributed by atoms with E-state index in [1.807, 2.05) is 48.7 Å². The Labute approximate surface area is 178 Å². The Morgan fingerprint density at radius 3 is 2.58 bits per heavy atom. The lowest BCUT2D eigenvalue weighted by Crippen LogP contribution is -2.53. The van der Waals surface area contributed by atoms with Gasteiger partial charge in [-0.3, -0.25) is 19.8 Å². The number of benzene rings is 1. The van der Waals surface area contributed by atoms with Crippen LogP contribution in [0.25, 0.3) is 11.8 Å². The van der Waals surface area contributed by atoms with Crippen LogP contribution < -0.4 is 10.1 Å². The first kappa shape index (κ1) is 20.2. The zero-order chi connectivity index (χ0) is 22.1. The molecule has 31 heavy (non-hydrogen) atoms. The van der Waals surface area contributed by atoms with Crippen molar-refractivity contribution in [3.63, 3.8) is 0 Å². The van der Waals surface area contributed by atoms with Crippen LogP contribution in [0, 0.1) is 13.8 Å². The largest absolute Gasteiger partial charge is 0.495 e. The molecule has 8 nitrogen and oxygen atoms in total. The second-order valence-corrected chi connectivity index (χ2v) is 7.12. The first-order valence-electron chi connectivity index (χ1n) is 9.64. The molecule has 1 aliphatic rings. The lowest BCUT2D eigenvalue weighted by molar-refractivity contribution is -0.130. The van der Waals surface area contributed by atoms with Crippen molar-refractivity contribution in [2.45, 2.75) is 20.4 Å². The van der Waals surface area contributed by atoms with E-state index in [2.05, 4.69) is 5.32 Å². The van der Waals surface area contributed by atoms with E-state index in [0.717, 1.165) is 22.0 Å². The van der Waals surface area contributed by atoms with E-state index in [0.29, 0.717) is 17.1 Å². The van der Waals surface area contributed by atoms with Crippen molar-refractivity contribution >= 4 is 23.9 Å². The number of ether oxygens (including phenoxy) is 1. The molecular formula is C23H21N3O5. The predicted octanol–water partition coefficient (Wildman–Crippen LogP) is 3.36. The second kappa shape index (κ2) is 7.98. The lowest BCUT2D eigenvalue weighted by Gasteiger charge is -2.25. The molecule has 0 bridgehead atoms. The average molecular weight is 419 g/mol. The van der Waals surface area contributed by atoms with Crippen LogP contribution in [0.2, 0.25) is 0 Å². The van der Waals surface area contributed by atoms with Crippen LogP contribution in [0.1, 0.15) is 22.7 Å². The van der Waals surface area contributed by atoms with Crippen LogP contribution in [0.5, 0.6) is 5.75 Å². The fraction of sp³-hybridized carbons (Fsp3) is 0.174. The van der Waals surface area contributed by atoms with Crippen LogP contribution in [0.4, 0.5) is 4.79 Å². The predicted molar refractivity (Wildman–Crippen MR) is 113 cm³/mol. The van der Waals surface area contributed by atoms with Crippen LogP contribution >= 0.6 is 0 Å². The van der Waals surface area contributed by atoms with Crippen molar-refractivity contribution in [1.82, 2.24) is 14.8 Å². The Kier molecular flexibility index (Phi) is 5.21. The fourth-order valence-electron chi connectivity index (χ4n) is 3.67. The molecule has 0 unspecified atom stereocenters. The third-order valence-corrected chi connectivity index (χ3v) is 5.18. The first-order chi connectivity index (χ1) is 14.9. The van der Waals surface area contributed by atoms with E-state index in [-0.39, 0.29) is 12.1 Å². The van der Waals surface area contributed by atoms with Crippen LogP contribution in [0.15, 0.2) is 58.7 Å². The number of hydrogen-bond acceptors (Lipinski definition) is 5. The number of methoxy groups -OCH3 is 1. The van der Waals surface area contributed by atoms with Gasteiger partial charge in [0.2, 0.25) is 0 Å². The summed E-state index contributed by atoms with van der Waals surface area (Å²) in [5.74, 6) is -0.267. The first-order valence-corrected chi connectivity index (χ1v) is 9.64. The molecule has 0 aliphatic carbocycles. The minimum atomic E-state index is -0.775. The van der Waals surface area contributed by atoms with Gasteiger partial charge >= 0.3 is 6.03 Å². The van der Waals surface area contributed by atoms with E-state index < -0.39 is 17.8 Å². The van der Waals surface area contributed by atoms with Gasteiger partial charge < -0.3 is 13.7 Å². The van der Waals surface area contributed by atoms with E-state index in [1.54, 1.807) is 19.2 Å². The number of para-hydroxylation sites is 2. The molecule has 1 aliphatic heterocycles. The number of hydrogen-bond donors (Lipinski definition) is 1. The summed E-state index contributed by atoms with van der Waals surface area (Å²) in [5, 5.41) is 2.22. The van der Waals surface area contributed by atoms with Crippen molar-refractivity contribution in [1.29, 1.82) is 0 Å². The second-order valence-electron chi connectivity index (χ2n) is 7.12. The van der Waals surface area contributed by atoms with Gasteiger partial charge in [-0.25, -0.2) is 4.79 Å². The van der Waals surface area contributed by atoms with Crippen LogP contribution in [-0.4, -0.2) is 34.4 Å². The highest BCUT2D eigenvalue weighted by Gasteiger charge is 2.36. The van der Waals surface area contributed by atoms with Gasteiger partial charge in [0.15, 0.2) is 0 Å². The Hall–Kier alpha value is -4.07. The summed E-state index contributed by atoms with van der Waals surface area (Å²) in [6, 6.07) is 12.0. The minimum absolute atomic E-state index is 0.0669. The van der Waals surface area contributed by atoms with Gasteiger partial charge in [0, 0.05) is 11.4 Å². The number of nitrogens with one attached hydrogen (secondary N) is 1. The van der Waals surface area contributed by atoms with Crippen molar-refractivity contribution < 1.29 is 23.5 Å². The van der Waals surface area contributed by atoms with Crippen LogP contribution in [-0.2, 0) is 16.1 Å². The summed E-state index contributed by atoms with van der Waals surface area (Å²) in [6.07, 6.45) is 2.96. The van der Waals surface area contributed by atoms with Gasteiger partial charge in [0.1, 0.15) is 17.1 Å². The molecule has 1 N–H and O–H groups in total. The molecule has 0 atom stereocenters. The standard InChI is InChI=1S/C23H21N3O5/c1-14-11-16(15(2)26(14)19-8-4-5-9-20(19)30-3)12-18-21(27)24-23(29)25(22(18)28)13-17-7-6-10-31-17/h4-12H,13H2,1-3H3,(H,24,27,29)/b18-12+. The SMILES string of the molecule is COc1ccccc1-n1c(C)cc(/C=C2\C(=O)NC(=O)N(Cc3ccco3)C2=O)c1C. The van der Waals surface area contributed by atoms with Gasteiger partial charge in [0.05, 0.1) is 25.6 Å². The molecule has 0 spiro atoms. The summed E-state index contributed by atoms with van der Waals surface area (Å²) in [5.41, 5.74) is 3.14. The van der Waals surface area contributed by atoms with Crippen molar-refractivity contribution in [2.24, 2.45) is 0 Å². The van der Waals surface area contributed by atoms with Gasteiger partial charge in [-0.2, -0.15) is 0 Å². The molecule has 4 amide bonds. The molecule has 0 saturated carbocycles. The monoisotopic (exact) mass is 419 g/mol. The van der Waals surface area contributed by atoms with Gasteiger partial charge in [-0.15, -0.1) is 0 Å². The molecule has 1 aromatic carbocycles. The number of aromatic nitrogens is 1. The molecule has 2 aromatic heterocycles. The van der Waals surface area contributed by atoms with Crippen molar-refractivity contribution in [3.05, 3.63) is 77.0 Å². The highest BCUT2D eigenvalue weighted by molar-refractivity contribution is 6.31. The summed E-state index contributed by atoms with van der Waals surface area (Å²) in [4.78, 5) is 38.6. The number of carbonyl (C=O) groups is 3. The van der Waals surface area contributed by atoms with Gasteiger partial charge in [-0.05, 0) is 55.8 Å². The number of imide groups is 2. The molecular weight excluding hydrogens is 398 g/mol. The fourth-order valence-corrected chi connectivity index (χ4v) is 3.67. The number of aryl methyl sites for hydroxylation is 1. The highest BCUT2D eigenvalue weighted by Crippen LogP contribution is 2.29. The van der Waals surface area contributed by atoms with E-state index in [1.165, 1.54) is 12.3 Å². The minimum Gasteiger partial charge on any atom is -0.495 e. The zero-order valence-corrected chi connectivity index (χ0v) is 17.3.